The summed E-state index contributed by atoms with van der Waals surface area (Å²) in [6.07, 6.45) is 1.60. The van der Waals surface area contributed by atoms with Crippen LogP contribution >= 0.6 is 34.8 Å². The molecule has 2 N–H and O–H groups in total. The second kappa shape index (κ2) is 6.62. The third-order valence-corrected chi connectivity index (χ3v) is 3.87. The van der Waals surface area contributed by atoms with Crippen LogP contribution in [0.2, 0.25) is 15.1 Å². The zero-order valence-electron chi connectivity index (χ0n) is 11.6. The van der Waals surface area contributed by atoms with Gasteiger partial charge in [-0.15, -0.1) is 0 Å². The van der Waals surface area contributed by atoms with Crippen molar-refractivity contribution < 1.29 is 4.79 Å². The van der Waals surface area contributed by atoms with Gasteiger partial charge in [-0.25, -0.2) is 4.99 Å². The van der Waals surface area contributed by atoms with Crippen LogP contribution in [0.15, 0.2) is 53.2 Å². The number of halogens is 3. The lowest BCUT2D eigenvalue weighted by Gasteiger charge is -2.04. The van der Waals surface area contributed by atoms with Gasteiger partial charge in [0.25, 0.3) is 5.91 Å². The van der Waals surface area contributed by atoms with Gasteiger partial charge in [0, 0.05) is 20.8 Å². The van der Waals surface area contributed by atoms with E-state index in [1.807, 2.05) is 0 Å². The second-order valence-electron chi connectivity index (χ2n) is 4.74. The summed E-state index contributed by atoms with van der Waals surface area (Å²) in [4.78, 5) is 16.2. The first-order valence-corrected chi connectivity index (χ1v) is 7.74. The fourth-order valence-corrected chi connectivity index (χ4v) is 2.55. The summed E-state index contributed by atoms with van der Waals surface area (Å²) < 4.78 is 0. The van der Waals surface area contributed by atoms with E-state index in [0.717, 1.165) is 5.69 Å². The number of hydrogen-bond acceptors (Lipinski definition) is 3. The Balaban J connectivity index is 1.83. The second-order valence-corrected chi connectivity index (χ2v) is 6.02. The van der Waals surface area contributed by atoms with Crippen LogP contribution in [0, 0.1) is 0 Å². The van der Waals surface area contributed by atoms with Gasteiger partial charge in [-0.3, -0.25) is 10.1 Å². The molecule has 0 bridgehead atoms. The molecule has 0 aromatic heterocycles. The summed E-state index contributed by atoms with van der Waals surface area (Å²) >= 11 is 17.8. The number of rotatable bonds is 2. The third-order valence-electron chi connectivity index (χ3n) is 3.06. The number of nitrogens with zero attached hydrogens (tertiary/aromatic N) is 1. The topological polar surface area (TPSA) is 53.5 Å². The summed E-state index contributed by atoms with van der Waals surface area (Å²) in [5.74, 6) is 0.0288. The molecule has 0 spiro atoms. The number of carbonyl (C=O) groups is 1. The van der Waals surface area contributed by atoms with Crippen LogP contribution in [0.25, 0.3) is 6.08 Å². The van der Waals surface area contributed by atoms with E-state index in [4.69, 9.17) is 34.8 Å². The molecular weight excluding hydrogens is 357 g/mol. The monoisotopic (exact) mass is 365 g/mol. The van der Waals surface area contributed by atoms with E-state index in [9.17, 15) is 4.79 Å². The molecule has 2 aromatic rings. The van der Waals surface area contributed by atoms with E-state index in [1.54, 1.807) is 48.5 Å². The van der Waals surface area contributed by atoms with E-state index in [1.165, 1.54) is 0 Å². The van der Waals surface area contributed by atoms with E-state index < -0.39 is 0 Å². The van der Waals surface area contributed by atoms with Crippen LogP contribution in [-0.4, -0.2) is 11.9 Å². The number of amides is 1. The van der Waals surface area contributed by atoms with Crippen LogP contribution < -0.4 is 10.6 Å². The van der Waals surface area contributed by atoms with Crippen molar-refractivity contribution in [3.8, 4) is 0 Å². The maximum atomic E-state index is 12.0. The molecule has 1 aliphatic heterocycles. The molecule has 1 aliphatic rings. The average Bonchev–Trinajstić information content (AvgIpc) is 2.84. The first-order valence-electron chi connectivity index (χ1n) is 6.61. The van der Waals surface area contributed by atoms with Gasteiger partial charge in [0.15, 0.2) is 0 Å². The predicted octanol–water partition coefficient (Wildman–Crippen LogP) is 4.59. The Kier molecular flexibility index (Phi) is 4.57. The Hall–Kier alpha value is -2.01. The molecule has 0 saturated carbocycles. The molecule has 2 aromatic carbocycles. The van der Waals surface area contributed by atoms with Crippen molar-refractivity contribution in [3.63, 3.8) is 0 Å². The van der Waals surface area contributed by atoms with Gasteiger partial charge in [0.05, 0.1) is 0 Å². The number of carbonyl (C=O) groups excluding carboxylic acids is 1. The molecule has 0 unspecified atom stereocenters. The van der Waals surface area contributed by atoms with E-state index in [0.29, 0.717) is 26.6 Å². The van der Waals surface area contributed by atoms with Crippen molar-refractivity contribution in [1.82, 2.24) is 5.32 Å². The number of hydrogen-bond donors (Lipinski definition) is 2. The van der Waals surface area contributed by atoms with Crippen LogP contribution in [0.4, 0.5) is 5.69 Å². The SMILES string of the molecule is O=C1NC(Nc2ccc(Cl)cc2)=N/C1=C/c1ccc(Cl)cc1Cl. The van der Waals surface area contributed by atoms with Crippen molar-refractivity contribution >= 4 is 58.4 Å². The highest BCUT2D eigenvalue weighted by atomic mass is 35.5. The molecule has 0 radical (unpaired) electrons. The molecule has 4 nitrogen and oxygen atoms in total. The van der Waals surface area contributed by atoms with E-state index in [-0.39, 0.29) is 11.6 Å². The van der Waals surface area contributed by atoms with Crippen LogP contribution in [0.3, 0.4) is 0 Å². The Morgan fingerprint density at radius 2 is 1.70 bits per heavy atom. The van der Waals surface area contributed by atoms with Crippen LogP contribution in [0.1, 0.15) is 5.56 Å². The average molecular weight is 367 g/mol. The lowest BCUT2D eigenvalue weighted by molar-refractivity contribution is -0.115. The summed E-state index contributed by atoms with van der Waals surface area (Å²) in [7, 11) is 0. The maximum absolute atomic E-state index is 12.0. The molecule has 3 rings (SSSR count). The van der Waals surface area contributed by atoms with Crippen LogP contribution in [-0.2, 0) is 4.79 Å². The Bertz CT molecular complexity index is 829. The highest BCUT2D eigenvalue weighted by Crippen LogP contribution is 2.24. The number of nitrogens with one attached hydrogen (secondary N) is 2. The standard InChI is InChI=1S/C16H10Cl3N3O/c17-10-3-5-12(6-4-10)20-16-21-14(15(23)22-16)7-9-1-2-11(18)8-13(9)19/h1-8H,(H2,20,21,22,23)/b14-7+. The molecule has 0 aliphatic carbocycles. The normalized spacial score (nSPS) is 15.5. The molecule has 0 fully saturated rings. The molecule has 116 valence electrons. The van der Waals surface area contributed by atoms with Crippen molar-refractivity contribution in [2.75, 3.05) is 5.32 Å². The molecule has 1 heterocycles. The largest absolute Gasteiger partial charge is 0.326 e. The Morgan fingerprint density at radius 1 is 1.00 bits per heavy atom. The van der Waals surface area contributed by atoms with Gasteiger partial charge >= 0.3 is 0 Å². The summed E-state index contributed by atoms with van der Waals surface area (Å²) in [5.41, 5.74) is 1.68. The van der Waals surface area contributed by atoms with Gasteiger partial charge in [0.2, 0.25) is 5.96 Å². The highest BCUT2D eigenvalue weighted by molar-refractivity contribution is 6.35. The third kappa shape index (κ3) is 3.85. The summed E-state index contributed by atoms with van der Waals surface area (Å²) in [6.45, 7) is 0. The van der Waals surface area contributed by atoms with Crippen molar-refractivity contribution in [2.24, 2.45) is 4.99 Å². The van der Waals surface area contributed by atoms with Gasteiger partial charge in [0.1, 0.15) is 5.70 Å². The van der Waals surface area contributed by atoms with Gasteiger partial charge < -0.3 is 5.32 Å². The van der Waals surface area contributed by atoms with E-state index >= 15 is 0 Å². The van der Waals surface area contributed by atoms with Crippen molar-refractivity contribution in [1.29, 1.82) is 0 Å². The highest BCUT2D eigenvalue weighted by Gasteiger charge is 2.20. The molecule has 1 amide bonds. The first-order chi connectivity index (χ1) is 11.0. The molecule has 0 atom stereocenters. The lowest BCUT2D eigenvalue weighted by Crippen LogP contribution is -2.29. The first kappa shape index (κ1) is 15.9. The maximum Gasteiger partial charge on any atom is 0.276 e. The quantitative estimate of drug-likeness (QED) is 0.764. The minimum Gasteiger partial charge on any atom is -0.326 e. The fraction of sp³-hybridized carbons (Fsp3) is 0. The summed E-state index contributed by atoms with van der Waals surface area (Å²) in [5, 5.41) is 7.26. The zero-order chi connectivity index (χ0) is 16.4. The number of benzene rings is 2. The number of guanidine groups is 1. The minimum absolute atomic E-state index is 0.255. The van der Waals surface area contributed by atoms with Crippen molar-refractivity contribution in [2.45, 2.75) is 0 Å². The smallest absolute Gasteiger partial charge is 0.276 e. The number of anilines is 1. The fourth-order valence-electron chi connectivity index (χ4n) is 1.96. The number of aliphatic imine (C=N–C) groups is 1. The zero-order valence-corrected chi connectivity index (χ0v) is 13.9. The predicted molar refractivity (Wildman–Crippen MR) is 95.1 cm³/mol. The molecular formula is C16H10Cl3N3O. The van der Waals surface area contributed by atoms with Gasteiger partial charge in [-0.2, -0.15) is 0 Å². The summed E-state index contributed by atoms with van der Waals surface area (Å²) in [6, 6.07) is 12.1. The van der Waals surface area contributed by atoms with Gasteiger partial charge in [-0.05, 0) is 48.0 Å². The Morgan fingerprint density at radius 3 is 2.39 bits per heavy atom. The minimum atomic E-state index is -0.313. The van der Waals surface area contributed by atoms with Gasteiger partial charge in [-0.1, -0.05) is 40.9 Å². The molecule has 7 heteroatoms. The van der Waals surface area contributed by atoms with Crippen molar-refractivity contribution in [3.05, 3.63) is 68.8 Å². The van der Waals surface area contributed by atoms with E-state index in [2.05, 4.69) is 15.6 Å². The van der Waals surface area contributed by atoms with Crippen LogP contribution in [0.5, 0.6) is 0 Å². The lowest BCUT2D eigenvalue weighted by atomic mass is 10.2. The Labute approximate surface area is 147 Å². The molecule has 0 saturated heterocycles. The molecule has 23 heavy (non-hydrogen) atoms.